The van der Waals surface area contributed by atoms with Gasteiger partial charge in [-0.05, 0) is 43.7 Å². The Morgan fingerprint density at radius 1 is 1.12 bits per heavy atom. The van der Waals surface area contributed by atoms with Gasteiger partial charge in [-0.3, -0.25) is 4.79 Å². The zero-order valence-electron chi connectivity index (χ0n) is 13.7. The molecular formula is C20H19FN2O. The molecule has 0 saturated carbocycles. The number of primary amides is 1. The Kier molecular flexibility index (Phi) is 4.21. The maximum absolute atomic E-state index is 13.3. The van der Waals surface area contributed by atoms with Gasteiger partial charge in [-0.25, -0.2) is 4.39 Å². The van der Waals surface area contributed by atoms with Gasteiger partial charge in [0.15, 0.2) is 0 Å². The van der Waals surface area contributed by atoms with Gasteiger partial charge in [0.05, 0.1) is 5.69 Å². The van der Waals surface area contributed by atoms with Crippen LogP contribution < -0.4 is 5.73 Å². The minimum absolute atomic E-state index is 0.191. The van der Waals surface area contributed by atoms with E-state index in [-0.39, 0.29) is 11.9 Å². The van der Waals surface area contributed by atoms with Crippen LogP contribution in [0.4, 0.5) is 4.39 Å². The van der Waals surface area contributed by atoms with E-state index in [9.17, 15) is 9.18 Å². The number of aromatic nitrogens is 1. The highest BCUT2D eigenvalue weighted by Crippen LogP contribution is 2.37. The number of carbonyl (C=O) groups is 1. The van der Waals surface area contributed by atoms with Crippen LogP contribution in [-0.2, 0) is 4.79 Å². The van der Waals surface area contributed by atoms with Crippen LogP contribution in [0, 0.1) is 5.82 Å². The summed E-state index contributed by atoms with van der Waals surface area (Å²) in [5, 5.41) is 1.06. The maximum atomic E-state index is 13.3. The molecule has 0 aliphatic heterocycles. The van der Waals surface area contributed by atoms with E-state index >= 15 is 0 Å². The van der Waals surface area contributed by atoms with Crippen LogP contribution in [0.1, 0.15) is 25.6 Å². The smallest absolute Gasteiger partial charge is 0.241 e. The summed E-state index contributed by atoms with van der Waals surface area (Å²) in [6, 6.07) is 14.6. The van der Waals surface area contributed by atoms with Crippen molar-refractivity contribution in [3.05, 3.63) is 66.1 Å². The standard InChI is InChI=1S/C20H19FN2O/c1-13(2)23-17-6-4-3-5-16(17)20(18(23)11-12-19(22)24)14-7-9-15(21)10-8-14/h3-13H,1-2H3,(H2,22,24)/b12-11+. The van der Waals surface area contributed by atoms with E-state index in [4.69, 9.17) is 5.73 Å². The van der Waals surface area contributed by atoms with Crippen molar-refractivity contribution in [1.29, 1.82) is 0 Å². The lowest BCUT2D eigenvalue weighted by molar-refractivity contribution is -0.113. The summed E-state index contributed by atoms with van der Waals surface area (Å²) in [6.45, 7) is 4.17. The predicted octanol–water partition coefficient (Wildman–Crippen LogP) is 4.53. The number of rotatable bonds is 4. The molecule has 0 aliphatic rings. The van der Waals surface area contributed by atoms with Crippen molar-refractivity contribution in [2.75, 3.05) is 0 Å². The predicted molar refractivity (Wildman–Crippen MR) is 95.9 cm³/mol. The minimum atomic E-state index is -0.499. The van der Waals surface area contributed by atoms with Crippen LogP contribution in [0.2, 0.25) is 0 Å². The third kappa shape index (κ3) is 2.83. The summed E-state index contributed by atoms with van der Waals surface area (Å²) in [5.41, 5.74) is 9.10. The number of para-hydroxylation sites is 1. The highest BCUT2D eigenvalue weighted by Gasteiger charge is 2.18. The van der Waals surface area contributed by atoms with Gasteiger partial charge in [0, 0.05) is 28.6 Å². The van der Waals surface area contributed by atoms with Crippen LogP contribution in [0.25, 0.3) is 28.1 Å². The second kappa shape index (κ2) is 6.32. The molecule has 0 spiro atoms. The second-order valence-corrected chi connectivity index (χ2v) is 5.98. The average Bonchev–Trinajstić information content (AvgIpc) is 2.88. The molecule has 1 heterocycles. The molecule has 0 bridgehead atoms. The van der Waals surface area contributed by atoms with Gasteiger partial charge < -0.3 is 10.3 Å². The summed E-state index contributed by atoms with van der Waals surface area (Å²) in [4.78, 5) is 11.2. The molecule has 0 aliphatic carbocycles. The fourth-order valence-corrected chi connectivity index (χ4v) is 3.08. The van der Waals surface area contributed by atoms with Crippen molar-refractivity contribution < 1.29 is 9.18 Å². The molecule has 3 rings (SSSR count). The first-order valence-electron chi connectivity index (χ1n) is 7.85. The lowest BCUT2D eigenvalue weighted by Crippen LogP contribution is -2.07. The summed E-state index contributed by atoms with van der Waals surface area (Å²) < 4.78 is 15.5. The van der Waals surface area contributed by atoms with E-state index in [0.29, 0.717) is 0 Å². The minimum Gasteiger partial charge on any atom is -0.366 e. The summed E-state index contributed by atoms with van der Waals surface area (Å²) >= 11 is 0. The van der Waals surface area contributed by atoms with Crippen molar-refractivity contribution in [1.82, 2.24) is 4.57 Å². The van der Waals surface area contributed by atoms with E-state index in [0.717, 1.165) is 27.7 Å². The SMILES string of the molecule is CC(C)n1c(/C=C/C(N)=O)c(-c2ccc(F)cc2)c2ccccc21. The third-order valence-corrected chi connectivity index (χ3v) is 4.00. The fraction of sp³-hybridized carbons (Fsp3) is 0.150. The number of hydrogen-bond donors (Lipinski definition) is 1. The summed E-state index contributed by atoms with van der Waals surface area (Å²) in [5.74, 6) is -0.777. The largest absolute Gasteiger partial charge is 0.366 e. The normalized spacial score (nSPS) is 11.7. The van der Waals surface area contributed by atoms with E-state index in [2.05, 4.69) is 18.4 Å². The number of nitrogens with two attached hydrogens (primary N) is 1. The summed E-state index contributed by atoms with van der Waals surface area (Å²) in [6.07, 6.45) is 3.10. The van der Waals surface area contributed by atoms with Crippen LogP contribution >= 0.6 is 0 Å². The summed E-state index contributed by atoms with van der Waals surface area (Å²) in [7, 11) is 0. The van der Waals surface area contributed by atoms with Gasteiger partial charge in [0.1, 0.15) is 5.82 Å². The van der Waals surface area contributed by atoms with Crippen molar-refractivity contribution >= 4 is 22.9 Å². The highest BCUT2D eigenvalue weighted by molar-refractivity contribution is 6.02. The van der Waals surface area contributed by atoms with Gasteiger partial charge in [-0.1, -0.05) is 30.3 Å². The van der Waals surface area contributed by atoms with Crippen molar-refractivity contribution in [3.63, 3.8) is 0 Å². The van der Waals surface area contributed by atoms with Gasteiger partial charge >= 0.3 is 0 Å². The molecule has 122 valence electrons. The number of carbonyl (C=O) groups excluding carboxylic acids is 1. The Labute approximate surface area is 140 Å². The van der Waals surface area contributed by atoms with Crippen molar-refractivity contribution in [3.8, 4) is 11.1 Å². The van der Waals surface area contributed by atoms with Gasteiger partial charge in [0.2, 0.25) is 5.91 Å². The highest BCUT2D eigenvalue weighted by atomic mass is 19.1. The average molecular weight is 322 g/mol. The fourth-order valence-electron chi connectivity index (χ4n) is 3.08. The molecule has 1 amide bonds. The van der Waals surface area contributed by atoms with Crippen LogP contribution in [0.3, 0.4) is 0 Å². The molecule has 24 heavy (non-hydrogen) atoms. The van der Waals surface area contributed by atoms with Gasteiger partial charge in [0.25, 0.3) is 0 Å². The Balaban J connectivity index is 2.38. The Bertz CT molecular complexity index is 921. The first kappa shape index (κ1) is 16.0. The molecule has 0 atom stereocenters. The second-order valence-electron chi connectivity index (χ2n) is 5.98. The number of fused-ring (bicyclic) bond motifs is 1. The Hall–Kier alpha value is -2.88. The number of hydrogen-bond acceptors (Lipinski definition) is 1. The molecule has 0 saturated heterocycles. The number of amides is 1. The van der Waals surface area contributed by atoms with E-state index in [1.807, 2.05) is 24.3 Å². The van der Waals surface area contributed by atoms with Crippen LogP contribution in [0.5, 0.6) is 0 Å². The number of halogens is 1. The molecule has 2 N–H and O–H groups in total. The van der Waals surface area contributed by atoms with E-state index in [1.165, 1.54) is 18.2 Å². The van der Waals surface area contributed by atoms with Gasteiger partial charge in [-0.15, -0.1) is 0 Å². The Morgan fingerprint density at radius 3 is 2.42 bits per heavy atom. The van der Waals surface area contributed by atoms with Gasteiger partial charge in [-0.2, -0.15) is 0 Å². The molecule has 0 fully saturated rings. The van der Waals surface area contributed by atoms with Crippen LogP contribution in [0.15, 0.2) is 54.6 Å². The van der Waals surface area contributed by atoms with Crippen LogP contribution in [-0.4, -0.2) is 10.5 Å². The molecular weight excluding hydrogens is 303 g/mol. The van der Waals surface area contributed by atoms with E-state index in [1.54, 1.807) is 18.2 Å². The zero-order valence-corrected chi connectivity index (χ0v) is 13.7. The maximum Gasteiger partial charge on any atom is 0.241 e. The first-order chi connectivity index (χ1) is 11.5. The lowest BCUT2D eigenvalue weighted by atomic mass is 10.0. The van der Waals surface area contributed by atoms with E-state index < -0.39 is 5.91 Å². The molecule has 0 radical (unpaired) electrons. The molecule has 3 aromatic rings. The lowest BCUT2D eigenvalue weighted by Gasteiger charge is -2.13. The monoisotopic (exact) mass is 322 g/mol. The molecule has 4 heteroatoms. The molecule has 1 aromatic heterocycles. The molecule has 3 nitrogen and oxygen atoms in total. The third-order valence-electron chi connectivity index (χ3n) is 4.00. The first-order valence-corrected chi connectivity index (χ1v) is 7.85. The molecule has 0 unspecified atom stereocenters. The topological polar surface area (TPSA) is 48.0 Å². The van der Waals surface area contributed by atoms with Crippen molar-refractivity contribution in [2.24, 2.45) is 5.73 Å². The zero-order chi connectivity index (χ0) is 17.3. The number of benzene rings is 2. The number of nitrogens with zero attached hydrogens (tertiary/aromatic N) is 1. The molecule has 2 aromatic carbocycles. The Morgan fingerprint density at radius 2 is 1.79 bits per heavy atom. The quantitative estimate of drug-likeness (QED) is 0.705. The van der Waals surface area contributed by atoms with Crippen molar-refractivity contribution in [2.45, 2.75) is 19.9 Å².